The van der Waals surface area contributed by atoms with Crippen LogP contribution in [0.4, 0.5) is 0 Å². The third kappa shape index (κ3) is 4.32. The van der Waals surface area contributed by atoms with Crippen molar-refractivity contribution in [3.05, 3.63) is 0 Å². The van der Waals surface area contributed by atoms with E-state index in [1.165, 1.54) is 0 Å². The number of carbonyl (C=O) groups excluding carboxylic acids is 1. The summed E-state index contributed by atoms with van der Waals surface area (Å²) in [6, 6.07) is -1.85. The number of carboxylic acids is 1. The topological polar surface area (TPSA) is 92.4 Å². The maximum absolute atomic E-state index is 11.6. The van der Waals surface area contributed by atoms with E-state index in [1.807, 2.05) is 0 Å². The normalized spacial score (nSPS) is 14.7. The first-order valence-corrected chi connectivity index (χ1v) is 4.92. The molecular formula is C11H18N2O3. The number of carbonyl (C=O) groups is 2. The molecule has 5 nitrogen and oxygen atoms in total. The van der Waals surface area contributed by atoms with Gasteiger partial charge in [0.25, 0.3) is 0 Å². The molecule has 0 bridgehead atoms. The molecule has 0 saturated heterocycles. The van der Waals surface area contributed by atoms with Gasteiger partial charge in [0.15, 0.2) is 0 Å². The summed E-state index contributed by atoms with van der Waals surface area (Å²) in [6.45, 7) is 5.40. The highest BCUT2D eigenvalue weighted by Gasteiger charge is 2.30. The standard InChI is InChI=1S/C11H18N2O3/c1-5-6-7(10(15)16)13-9(14)8(12)11(2,3)4/h1,7-8H,6,12H2,2-4H3,(H,13,14)(H,15,16)/t7?,8-/m0/s1. The Kier molecular flexibility index (Phi) is 4.99. The van der Waals surface area contributed by atoms with E-state index in [0.29, 0.717) is 0 Å². The van der Waals surface area contributed by atoms with Crippen molar-refractivity contribution >= 4 is 11.9 Å². The predicted molar refractivity (Wildman–Crippen MR) is 60.4 cm³/mol. The van der Waals surface area contributed by atoms with Crippen LogP contribution in [0.15, 0.2) is 0 Å². The third-order valence-electron chi connectivity index (χ3n) is 2.15. The lowest BCUT2D eigenvalue weighted by Gasteiger charge is -2.26. The Morgan fingerprint density at radius 1 is 1.50 bits per heavy atom. The molecule has 0 fully saturated rings. The molecule has 0 aromatic heterocycles. The van der Waals surface area contributed by atoms with Gasteiger partial charge in [0, 0.05) is 6.42 Å². The van der Waals surface area contributed by atoms with Crippen molar-refractivity contribution in [3.63, 3.8) is 0 Å². The number of hydrogen-bond acceptors (Lipinski definition) is 3. The quantitative estimate of drug-likeness (QED) is 0.586. The summed E-state index contributed by atoms with van der Waals surface area (Å²) >= 11 is 0. The zero-order chi connectivity index (χ0) is 12.9. The summed E-state index contributed by atoms with van der Waals surface area (Å²) in [5, 5.41) is 11.1. The van der Waals surface area contributed by atoms with Crippen LogP contribution < -0.4 is 11.1 Å². The highest BCUT2D eigenvalue weighted by molar-refractivity contribution is 5.87. The molecule has 0 aliphatic carbocycles. The maximum Gasteiger partial charge on any atom is 0.327 e. The molecule has 0 radical (unpaired) electrons. The summed E-state index contributed by atoms with van der Waals surface area (Å²) in [4.78, 5) is 22.4. The summed E-state index contributed by atoms with van der Waals surface area (Å²) in [5.41, 5.74) is 5.25. The summed E-state index contributed by atoms with van der Waals surface area (Å²) in [7, 11) is 0. The molecule has 0 saturated carbocycles. The average Bonchev–Trinajstić information content (AvgIpc) is 2.14. The molecule has 0 heterocycles. The molecule has 0 aliphatic heterocycles. The molecule has 0 aromatic carbocycles. The number of hydrogen-bond donors (Lipinski definition) is 3. The maximum atomic E-state index is 11.6. The van der Waals surface area contributed by atoms with Crippen molar-refractivity contribution in [2.75, 3.05) is 0 Å². The fraction of sp³-hybridized carbons (Fsp3) is 0.636. The first kappa shape index (κ1) is 14.5. The summed E-state index contributed by atoms with van der Waals surface area (Å²) < 4.78 is 0. The molecule has 16 heavy (non-hydrogen) atoms. The molecule has 1 amide bonds. The third-order valence-corrected chi connectivity index (χ3v) is 2.15. The van der Waals surface area contributed by atoms with E-state index >= 15 is 0 Å². The Morgan fingerprint density at radius 3 is 2.31 bits per heavy atom. The van der Waals surface area contributed by atoms with Gasteiger partial charge in [-0.2, -0.15) is 0 Å². The van der Waals surface area contributed by atoms with E-state index in [1.54, 1.807) is 20.8 Å². The molecule has 0 spiro atoms. The minimum absolute atomic E-state index is 0.0576. The van der Waals surface area contributed by atoms with E-state index in [9.17, 15) is 9.59 Å². The molecule has 0 aromatic rings. The van der Waals surface area contributed by atoms with Gasteiger partial charge in [0.2, 0.25) is 5.91 Å². The number of terminal acetylenes is 1. The Morgan fingerprint density at radius 2 is 2.00 bits per heavy atom. The van der Waals surface area contributed by atoms with Crippen LogP contribution in [0.25, 0.3) is 0 Å². The highest BCUT2D eigenvalue weighted by Crippen LogP contribution is 2.17. The van der Waals surface area contributed by atoms with Gasteiger partial charge in [-0.15, -0.1) is 12.3 Å². The monoisotopic (exact) mass is 226 g/mol. The van der Waals surface area contributed by atoms with E-state index in [2.05, 4.69) is 11.2 Å². The largest absolute Gasteiger partial charge is 0.480 e. The van der Waals surface area contributed by atoms with Gasteiger partial charge in [-0.05, 0) is 5.41 Å². The molecule has 0 rings (SSSR count). The Labute approximate surface area is 95.4 Å². The fourth-order valence-electron chi connectivity index (χ4n) is 0.973. The number of aliphatic carboxylic acids is 1. The molecule has 1 unspecified atom stereocenters. The second-order valence-corrected chi connectivity index (χ2v) is 4.65. The van der Waals surface area contributed by atoms with Crippen LogP contribution in [0.2, 0.25) is 0 Å². The molecule has 2 atom stereocenters. The van der Waals surface area contributed by atoms with Crippen LogP contribution in [-0.4, -0.2) is 29.1 Å². The fourth-order valence-corrected chi connectivity index (χ4v) is 0.973. The van der Waals surface area contributed by atoms with Gasteiger partial charge in [0.05, 0.1) is 6.04 Å². The average molecular weight is 226 g/mol. The smallest absolute Gasteiger partial charge is 0.327 e. The number of rotatable bonds is 4. The minimum atomic E-state index is -1.16. The zero-order valence-corrected chi connectivity index (χ0v) is 9.78. The van der Waals surface area contributed by atoms with Gasteiger partial charge in [0.1, 0.15) is 6.04 Å². The molecular weight excluding hydrogens is 208 g/mol. The van der Waals surface area contributed by atoms with Crippen molar-refractivity contribution in [3.8, 4) is 12.3 Å². The van der Waals surface area contributed by atoms with Crippen LogP contribution >= 0.6 is 0 Å². The zero-order valence-electron chi connectivity index (χ0n) is 9.78. The second kappa shape index (κ2) is 5.52. The SMILES string of the molecule is C#CCC(NC(=O)[C@H](N)C(C)(C)C)C(=O)O. The van der Waals surface area contributed by atoms with Crippen molar-refractivity contribution in [2.24, 2.45) is 11.1 Å². The number of carboxylic acid groups (broad SMARTS) is 1. The summed E-state index contributed by atoms with van der Waals surface area (Å²) in [6.07, 6.45) is 4.95. The van der Waals surface area contributed by atoms with Crippen molar-refractivity contribution in [2.45, 2.75) is 39.3 Å². The van der Waals surface area contributed by atoms with Crippen LogP contribution in [0.5, 0.6) is 0 Å². The van der Waals surface area contributed by atoms with Gasteiger partial charge < -0.3 is 16.2 Å². The number of nitrogens with two attached hydrogens (primary N) is 1. The van der Waals surface area contributed by atoms with Crippen molar-refractivity contribution in [1.82, 2.24) is 5.32 Å². The van der Waals surface area contributed by atoms with Gasteiger partial charge in [-0.25, -0.2) is 4.79 Å². The number of amides is 1. The Balaban J connectivity index is 4.54. The molecule has 0 aliphatic rings. The van der Waals surface area contributed by atoms with Gasteiger partial charge >= 0.3 is 5.97 Å². The van der Waals surface area contributed by atoms with E-state index in [0.717, 1.165) is 0 Å². The number of nitrogens with one attached hydrogen (secondary N) is 1. The lowest BCUT2D eigenvalue weighted by Crippen LogP contribution is -2.53. The van der Waals surface area contributed by atoms with E-state index < -0.39 is 29.4 Å². The van der Waals surface area contributed by atoms with Crippen LogP contribution in [-0.2, 0) is 9.59 Å². The predicted octanol–water partition coefficient (Wildman–Crippen LogP) is -0.0475. The van der Waals surface area contributed by atoms with Crippen LogP contribution in [0, 0.1) is 17.8 Å². The molecule has 90 valence electrons. The van der Waals surface area contributed by atoms with E-state index in [-0.39, 0.29) is 6.42 Å². The minimum Gasteiger partial charge on any atom is -0.480 e. The molecule has 4 N–H and O–H groups in total. The first-order chi connectivity index (χ1) is 7.20. The van der Waals surface area contributed by atoms with Crippen molar-refractivity contribution < 1.29 is 14.7 Å². The summed E-state index contributed by atoms with van der Waals surface area (Å²) in [5.74, 6) is 0.531. The molecule has 5 heteroatoms. The van der Waals surface area contributed by atoms with Crippen LogP contribution in [0.3, 0.4) is 0 Å². The van der Waals surface area contributed by atoms with Gasteiger partial charge in [-0.3, -0.25) is 4.79 Å². The highest BCUT2D eigenvalue weighted by atomic mass is 16.4. The second-order valence-electron chi connectivity index (χ2n) is 4.65. The Bertz CT molecular complexity index is 312. The lowest BCUT2D eigenvalue weighted by atomic mass is 9.87. The van der Waals surface area contributed by atoms with Gasteiger partial charge in [-0.1, -0.05) is 20.8 Å². The lowest BCUT2D eigenvalue weighted by molar-refractivity contribution is -0.142. The van der Waals surface area contributed by atoms with Crippen LogP contribution in [0.1, 0.15) is 27.2 Å². The van der Waals surface area contributed by atoms with Crippen molar-refractivity contribution in [1.29, 1.82) is 0 Å². The first-order valence-electron chi connectivity index (χ1n) is 4.92. The Hall–Kier alpha value is -1.54. The van der Waals surface area contributed by atoms with E-state index in [4.69, 9.17) is 17.3 Å².